The van der Waals surface area contributed by atoms with Crippen LogP contribution in [-0.4, -0.2) is 58.0 Å². The van der Waals surface area contributed by atoms with Crippen molar-refractivity contribution in [3.63, 3.8) is 0 Å². The number of rotatable bonds is 3. The number of carbonyl (C=O) groups excluding carboxylic acids is 2. The first kappa shape index (κ1) is 17.3. The van der Waals surface area contributed by atoms with E-state index in [-0.39, 0.29) is 29.7 Å². The molecule has 5 heteroatoms. The Hall–Kier alpha value is -1.10. The standard InChI is InChI=1S/C20H32N2O3/c23-18-17(13-22(20(18)25)15-9-5-2-6-10-15)16-11-12-21(19(16)24)14-7-3-1-4-8-14/h14-18,23H,1-13H2/t16-,17+,18+/m0/s1. The van der Waals surface area contributed by atoms with Gasteiger partial charge in [-0.25, -0.2) is 0 Å². The molecule has 25 heavy (non-hydrogen) atoms. The Bertz CT molecular complexity index is 511. The molecule has 2 aliphatic carbocycles. The maximum absolute atomic E-state index is 13.0. The molecule has 4 aliphatic rings. The van der Waals surface area contributed by atoms with Gasteiger partial charge in [0.2, 0.25) is 5.91 Å². The van der Waals surface area contributed by atoms with Crippen LogP contribution in [0.2, 0.25) is 0 Å². The van der Waals surface area contributed by atoms with Crippen LogP contribution in [0.15, 0.2) is 0 Å². The summed E-state index contributed by atoms with van der Waals surface area (Å²) in [6.45, 7) is 1.40. The lowest BCUT2D eigenvalue weighted by Crippen LogP contribution is -2.41. The fourth-order valence-electron chi connectivity index (χ4n) is 5.72. The van der Waals surface area contributed by atoms with Crippen molar-refractivity contribution in [2.75, 3.05) is 13.1 Å². The smallest absolute Gasteiger partial charge is 0.252 e. The summed E-state index contributed by atoms with van der Waals surface area (Å²) in [4.78, 5) is 29.6. The fourth-order valence-corrected chi connectivity index (χ4v) is 5.72. The SMILES string of the molecule is O=C1[C@H]([C@H]2CN(C3CCCCC3)C(=O)[C@@H]2O)CCN1C1CCCCC1. The average Bonchev–Trinajstić information content (AvgIpc) is 3.17. The van der Waals surface area contributed by atoms with E-state index < -0.39 is 6.10 Å². The van der Waals surface area contributed by atoms with Crippen LogP contribution in [-0.2, 0) is 9.59 Å². The average molecular weight is 348 g/mol. The van der Waals surface area contributed by atoms with E-state index in [4.69, 9.17) is 0 Å². The van der Waals surface area contributed by atoms with Gasteiger partial charge >= 0.3 is 0 Å². The van der Waals surface area contributed by atoms with E-state index >= 15 is 0 Å². The maximum atomic E-state index is 13.0. The van der Waals surface area contributed by atoms with Gasteiger partial charge in [-0.2, -0.15) is 0 Å². The minimum absolute atomic E-state index is 0.124. The van der Waals surface area contributed by atoms with E-state index in [1.807, 2.05) is 4.90 Å². The highest BCUT2D eigenvalue weighted by Crippen LogP contribution is 2.38. The molecule has 2 saturated carbocycles. The summed E-state index contributed by atoms with van der Waals surface area (Å²) in [5.41, 5.74) is 0. The predicted molar refractivity (Wildman–Crippen MR) is 94.8 cm³/mol. The van der Waals surface area contributed by atoms with Gasteiger partial charge in [-0.15, -0.1) is 0 Å². The molecular weight excluding hydrogens is 316 g/mol. The van der Waals surface area contributed by atoms with Gasteiger partial charge in [0.1, 0.15) is 6.10 Å². The molecule has 2 aliphatic heterocycles. The highest BCUT2D eigenvalue weighted by molar-refractivity contribution is 5.87. The van der Waals surface area contributed by atoms with Crippen LogP contribution in [0.3, 0.4) is 0 Å². The molecule has 0 spiro atoms. The van der Waals surface area contributed by atoms with Crippen LogP contribution in [0.4, 0.5) is 0 Å². The van der Waals surface area contributed by atoms with Gasteiger partial charge in [0.25, 0.3) is 5.91 Å². The highest BCUT2D eigenvalue weighted by Gasteiger charge is 2.50. The number of amides is 2. The van der Waals surface area contributed by atoms with Crippen molar-refractivity contribution in [2.24, 2.45) is 11.8 Å². The molecule has 4 rings (SSSR count). The van der Waals surface area contributed by atoms with Crippen molar-refractivity contribution >= 4 is 11.8 Å². The zero-order valence-electron chi connectivity index (χ0n) is 15.2. The van der Waals surface area contributed by atoms with Gasteiger partial charge in [-0.1, -0.05) is 38.5 Å². The Morgan fingerprint density at radius 1 is 0.720 bits per heavy atom. The Morgan fingerprint density at radius 2 is 1.28 bits per heavy atom. The minimum Gasteiger partial charge on any atom is -0.383 e. The summed E-state index contributed by atoms with van der Waals surface area (Å²) in [7, 11) is 0. The summed E-state index contributed by atoms with van der Waals surface area (Å²) in [6.07, 6.45) is 11.5. The summed E-state index contributed by atoms with van der Waals surface area (Å²) in [5.74, 6) is -0.278. The molecule has 0 aromatic carbocycles. The molecule has 140 valence electrons. The first-order valence-electron chi connectivity index (χ1n) is 10.5. The topological polar surface area (TPSA) is 60.9 Å². The molecule has 3 atom stereocenters. The number of likely N-dealkylation sites (tertiary alicyclic amines) is 2. The summed E-state index contributed by atoms with van der Waals surface area (Å²) >= 11 is 0. The Morgan fingerprint density at radius 3 is 1.88 bits per heavy atom. The first-order chi connectivity index (χ1) is 12.2. The number of aliphatic hydroxyl groups is 1. The maximum Gasteiger partial charge on any atom is 0.252 e. The van der Waals surface area contributed by atoms with E-state index in [9.17, 15) is 14.7 Å². The van der Waals surface area contributed by atoms with E-state index in [0.29, 0.717) is 12.6 Å². The van der Waals surface area contributed by atoms with Gasteiger partial charge in [0.15, 0.2) is 0 Å². The van der Waals surface area contributed by atoms with Gasteiger partial charge in [-0.3, -0.25) is 9.59 Å². The lowest BCUT2D eigenvalue weighted by atomic mass is 9.88. The molecule has 2 heterocycles. The van der Waals surface area contributed by atoms with Crippen LogP contribution in [0, 0.1) is 11.8 Å². The third-order valence-electron chi connectivity index (χ3n) is 7.18. The van der Waals surface area contributed by atoms with Crippen LogP contribution in [0.5, 0.6) is 0 Å². The summed E-state index contributed by atoms with van der Waals surface area (Å²) in [5, 5.41) is 10.6. The molecule has 0 unspecified atom stereocenters. The van der Waals surface area contributed by atoms with Crippen LogP contribution < -0.4 is 0 Å². The molecule has 4 fully saturated rings. The molecule has 1 N–H and O–H groups in total. The fraction of sp³-hybridized carbons (Fsp3) is 0.900. The summed E-state index contributed by atoms with van der Waals surface area (Å²) in [6, 6.07) is 0.682. The lowest BCUT2D eigenvalue weighted by Gasteiger charge is -2.32. The monoisotopic (exact) mass is 348 g/mol. The predicted octanol–water partition coefficient (Wildman–Crippen LogP) is 2.32. The third kappa shape index (κ3) is 3.20. The van der Waals surface area contributed by atoms with E-state index in [1.54, 1.807) is 0 Å². The van der Waals surface area contributed by atoms with Crippen molar-refractivity contribution < 1.29 is 14.7 Å². The Kier molecular flexibility index (Phi) is 5.03. The second-order valence-corrected chi connectivity index (χ2v) is 8.61. The number of nitrogens with zero attached hydrogens (tertiary/aromatic N) is 2. The zero-order valence-corrected chi connectivity index (χ0v) is 15.2. The molecule has 0 radical (unpaired) electrons. The van der Waals surface area contributed by atoms with Gasteiger partial charge in [-0.05, 0) is 32.1 Å². The van der Waals surface area contributed by atoms with Crippen molar-refractivity contribution in [1.82, 2.24) is 9.80 Å². The Labute approximate surface area is 150 Å². The second kappa shape index (κ2) is 7.26. The largest absolute Gasteiger partial charge is 0.383 e. The van der Waals surface area contributed by atoms with Crippen molar-refractivity contribution in [2.45, 2.75) is 88.8 Å². The molecule has 2 amide bonds. The molecular formula is C20H32N2O3. The third-order valence-corrected chi connectivity index (χ3v) is 7.18. The minimum atomic E-state index is -0.970. The van der Waals surface area contributed by atoms with Crippen LogP contribution >= 0.6 is 0 Å². The number of carbonyl (C=O) groups is 2. The van der Waals surface area contributed by atoms with Crippen LogP contribution in [0.1, 0.15) is 70.6 Å². The Balaban J connectivity index is 1.42. The normalized spacial score (nSPS) is 35.8. The zero-order chi connectivity index (χ0) is 17.4. The quantitative estimate of drug-likeness (QED) is 0.851. The molecule has 0 bridgehead atoms. The van der Waals surface area contributed by atoms with Gasteiger partial charge in [0.05, 0.1) is 0 Å². The highest BCUT2D eigenvalue weighted by atomic mass is 16.3. The van der Waals surface area contributed by atoms with Crippen molar-refractivity contribution in [3.05, 3.63) is 0 Å². The molecule has 5 nitrogen and oxygen atoms in total. The van der Waals surface area contributed by atoms with Gasteiger partial charge < -0.3 is 14.9 Å². The lowest BCUT2D eigenvalue weighted by molar-refractivity contribution is -0.138. The van der Waals surface area contributed by atoms with E-state index in [1.165, 1.54) is 38.5 Å². The molecule has 0 aromatic heterocycles. The van der Waals surface area contributed by atoms with Crippen LogP contribution in [0.25, 0.3) is 0 Å². The second-order valence-electron chi connectivity index (χ2n) is 8.61. The number of hydrogen-bond donors (Lipinski definition) is 1. The first-order valence-corrected chi connectivity index (χ1v) is 10.5. The number of aliphatic hydroxyl groups excluding tert-OH is 1. The number of hydrogen-bond acceptors (Lipinski definition) is 3. The molecule has 2 saturated heterocycles. The van der Waals surface area contributed by atoms with E-state index in [2.05, 4.69) is 4.90 Å². The van der Waals surface area contributed by atoms with Gasteiger partial charge in [0, 0.05) is 37.0 Å². The molecule has 0 aromatic rings. The van der Waals surface area contributed by atoms with Crippen molar-refractivity contribution in [3.8, 4) is 0 Å². The summed E-state index contributed by atoms with van der Waals surface area (Å²) < 4.78 is 0. The van der Waals surface area contributed by atoms with Crippen molar-refractivity contribution in [1.29, 1.82) is 0 Å². The van der Waals surface area contributed by atoms with E-state index in [0.717, 1.165) is 38.6 Å².